The number of halogens is 4. The molecule has 228 valence electrons. The Bertz CT molecular complexity index is 1530. The van der Waals surface area contributed by atoms with E-state index in [0.29, 0.717) is 33.3 Å². The molecule has 2 N–H and O–H groups in total. The molecule has 0 aromatic carbocycles. The van der Waals surface area contributed by atoms with Gasteiger partial charge in [-0.15, -0.1) is 11.3 Å². The average molecular weight is 631 g/mol. The Morgan fingerprint density at radius 3 is 2.58 bits per heavy atom. The van der Waals surface area contributed by atoms with Crippen LogP contribution in [-0.4, -0.2) is 26.6 Å². The third-order valence-corrected chi connectivity index (χ3v) is 7.56. The third kappa shape index (κ3) is 9.86. The number of hydrogen-bond acceptors (Lipinski definition) is 7. The summed E-state index contributed by atoms with van der Waals surface area (Å²) in [4.78, 5) is 31.2. The van der Waals surface area contributed by atoms with Crippen molar-refractivity contribution in [1.82, 2.24) is 20.3 Å². The van der Waals surface area contributed by atoms with Crippen LogP contribution < -0.4 is 10.6 Å². The Morgan fingerprint density at radius 2 is 1.93 bits per heavy atom. The van der Waals surface area contributed by atoms with Crippen LogP contribution in [0, 0.1) is 6.92 Å². The van der Waals surface area contributed by atoms with Crippen LogP contribution >= 0.6 is 22.9 Å². The van der Waals surface area contributed by atoms with Crippen LogP contribution in [-0.2, 0) is 11.0 Å². The van der Waals surface area contributed by atoms with Gasteiger partial charge in [-0.3, -0.25) is 14.8 Å². The molecule has 3 aromatic heterocycles. The van der Waals surface area contributed by atoms with Gasteiger partial charge in [0.2, 0.25) is 5.91 Å². The summed E-state index contributed by atoms with van der Waals surface area (Å²) in [5.41, 5.74) is 2.31. The fraction of sp³-hybridized carbons (Fsp3) is 0.323. The molecule has 0 aliphatic carbocycles. The summed E-state index contributed by atoms with van der Waals surface area (Å²) in [6.45, 7) is 9.42. The highest BCUT2D eigenvalue weighted by molar-refractivity contribution is 7.12. The van der Waals surface area contributed by atoms with Gasteiger partial charge in [0, 0.05) is 41.6 Å². The first-order valence-corrected chi connectivity index (χ1v) is 14.9. The lowest BCUT2D eigenvalue weighted by Gasteiger charge is -2.13. The smallest absolute Gasteiger partial charge is 0.343 e. The Kier molecular flexibility index (Phi) is 12.2. The van der Waals surface area contributed by atoms with E-state index in [2.05, 4.69) is 30.6 Å². The molecule has 1 unspecified atom stereocenters. The van der Waals surface area contributed by atoms with E-state index >= 15 is 0 Å². The maximum Gasteiger partial charge on any atom is 0.418 e. The first-order valence-electron chi connectivity index (χ1n) is 13.7. The van der Waals surface area contributed by atoms with Crippen molar-refractivity contribution in [2.24, 2.45) is 4.99 Å². The van der Waals surface area contributed by atoms with Crippen molar-refractivity contribution in [3.05, 3.63) is 98.5 Å². The number of unbranched alkanes of at least 4 members (excludes halogenated alkanes) is 1. The van der Waals surface area contributed by atoms with Gasteiger partial charge in [0.1, 0.15) is 10.8 Å². The SMILES string of the molecule is CC/C=C/N=C(/C=C(\C)C(=O)NC(C)c1ncc(/C(=C\CCC)Nc2cc(C(F)(F)F)c(Cl)cn2)s1)c1ccc(C)nc1. The highest BCUT2D eigenvalue weighted by atomic mass is 35.5. The Morgan fingerprint density at radius 1 is 1.16 bits per heavy atom. The molecule has 43 heavy (non-hydrogen) atoms. The van der Waals surface area contributed by atoms with Gasteiger partial charge in [-0.25, -0.2) is 9.97 Å². The molecule has 1 amide bonds. The molecule has 0 fully saturated rings. The fourth-order valence-corrected chi connectivity index (χ4v) is 4.80. The van der Waals surface area contributed by atoms with Crippen LogP contribution in [0.1, 0.15) is 79.7 Å². The van der Waals surface area contributed by atoms with E-state index in [0.717, 1.165) is 36.4 Å². The lowest BCUT2D eigenvalue weighted by Crippen LogP contribution is -2.27. The van der Waals surface area contributed by atoms with Crippen LogP contribution in [0.15, 0.2) is 71.8 Å². The van der Waals surface area contributed by atoms with E-state index in [1.807, 2.05) is 52.0 Å². The van der Waals surface area contributed by atoms with Crippen LogP contribution in [0.5, 0.6) is 0 Å². The molecule has 0 radical (unpaired) electrons. The highest BCUT2D eigenvalue weighted by Gasteiger charge is 2.34. The van der Waals surface area contributed by atoms with Crippen molar-refractivity contribution in [2.75, 3.05) is 5.32 Å². The normalized spacial score (nSPS) is 13.8. The summed E-state index contributed by atoms with van der Waals surface area (Å²) in [6, 6.07) is 4.23. The molecular weight excluding hydrogens is 597 g/mol. The number of carbonyl (C=O) groups is 1. The van der Waals surface area contributed by atoms with Gasteiger partial charge in [0.15, 0.2) is 0 Å². The lowest BCUT2D eigenvalue weighted by atomic mass is 10.1. The molecule has 1 atom stereocenters. The standard InChI is InChI=1S/C31H34ClF3N6OS/c1-6-8-10-25(41-28-15-23(31(33,34)35)24(32)17-38-28)27-18-39-30(43-27)21(5)40-29(42)19(3)14-26(36-13-9-7-2)22-12-11-20(4)37-16-22/h9-18,21H,6-8H2,1-5H3,(H,38,41)(H,40,42)/b13-9+,19-14+,25-10+,36-26-. The number of allylic oxidation sites excluding steroid dienone is 3. The second kappa shape index (κ2) is 15.6. The average Bonchev–Trinajstić information content (AvgIpc) is 3.46. The second-order valence-corrected chi connectivity index (χ2v) is 11.1. The Balaban J connectivity index is 1.79. The van der Waals surface area contributed by atoms with E-state index in [-0.39, 0.29) is 11.7 Å². The molecule has 3 aromatic rings. The molecule has 0 saturated heterocycles. The monoisotopic (exact) mass is 630 g/mol. The first kappa shape index (κ1) is 33.7. The number of alkyl halides is 3. The Hall–Kier alpha value is -3.83. The molecule has 0 saturated carbocycles. The van der Waals surface area contributed by atoms with Crippen LogP contribution in [0.4, 0.5) is 19.0 Å². The van der Waals surface area contributed by atoms with E-state index in [9.17, 15) is 18.0 Å². The predicted octanol–water partition coefficient (Wildman–Crippen LogP) is 8.70. The minimum atomic E-state index is -4.61. The number of aryl methyl sites for hydroxylation is 1. The number of anilines is 1. The molecule has 0 aliphatic heterocycles. The largest absolute Gasteiger partial charge is 0.418 e. The predicted molar refractivity (Wildman–Crippen MR) is 168 cm³/mol. The van der Waals surface area contributed by atoms with Gasteiger partial charge in [0.25, 0.3) is 0 Å². The summed E-state index contributed by atoms with van der Waals surface area (Å²) >= 11 is 7.05. The summed E-state index contributed by atoms with van der Waals surface area (Å²) in [7, 11) is 0. The number of hydrogen-bond donors (Lipinski definition) is 2. The van der Waals surface area contributed by atoms with Crippen molar-refractivity contribution >= 4 is 46.1 Å². The van der Waals surface area contributed by atoms with Crippen molar-refractivity contribution in [2.45, 2.75) is 66.1 Å². The zero-order valence-electron chi connectivity index (χ0n) is 24.6. The van der Waals surface area contributed by atoms with Crippen molar-refractivity contribution in [1.29, 1.82) is 0 Å². The summed E-state index contributed by atoms with van der Waals surface area (Å²) in [5.74, 6) is -0.285. The molecule has 0 aliphatic rings. The van der Waals surface area contributed by atoms with Gasteiger partial charge in [-0.2, -0.15) is 13.2 Å². The van der Waals surface area contributed by atoms with E-state index in [1.54, 1.807) is 31.6 Å². The number of rotatable bonds is 12. The molecule has 3 heterocycles. The highest BCUT2D eigenvalue weighted by Crippen LogP contribution is 2.36. The number of aliphatic imine (C=N–C) groups is 1. The number of nitrogens with one attached hydrogen (secondary N) is 2. The number of aromatic nitrogens is 3. The number of thiazole rings is 1. The molecular formula is C31H34ClF3N6OS. The molecule has 0 bridgehead atoms. The molecule has 12 heteroatoms. The van der Waals surface area contributed by atoms with Crippen molar-refractivity contribution in [3.63, 3.8) is 0 Å². The number of nitrogens with zero attached hydrogens (tertiary/aromatic N) is 4. The fourth-order valence-electron chi connectivity index (χ4n) is 3.67. The Labute approximate surface area is 258 Å². The number of pyridine rings is 2. The maximum atomic E-state index is 13.4. The minimum absolute atomic E-state index is 0.00571. The van der Waals surface area contributed by atoms with Gasteiger partial charge in [0.05, 0.1) is 32.9 Å². The first-order chi connectivity index (χ1) is 20.4. The second-order valence-electron chi connectivity index (χ2n) is 9.66. The van der Waals surface area contributed by atoms with Crippen LogP contribution in [0.2, 0.25) is 5.02 Å². The summed E-state index contributed by atoms with van der Waals surface area (Å²) in [5, 5.41) is 6.10. The van der Waals surface area contributed by atoms with Gasteiger partial charge < -0.3 is 10.6 Å². The van der Waals surface area contributed by atoms with E-state index in [1.165, 1.54) is 11.3 Å². The summed E-state index contributed by atoms with van der Waals surface area (Å²) in [6.07, 6.45) is 9.26. The quantitative estimate of drug-likeness (QED) is 0.154. The van der Waals surface area contributed by atoms with Gasteiger partial charge in [-0.1, -0.05) is 44.0 Å². The molecule has 0 spiro atoms. The topological polar surface area (TPSA) is 92.2 Å². The number of amides is 1. The summed E-state index contributed by atoms with van der Waals surface area (Å²) < 4.78 is 40.1. The maximum absolute atomic E-state index is 13.4. The van der Waals surface area contributed by atoms with E-state index in [4.69, 9.17) is 11.6 Å². The number of carbonyl (C=O) groups excluding carboxylic acids is 1. The van der Waals surface area contributed by atoms with Crippen LogP contribution in [0.3, 0.4) is 0 Å². The zero-order valence-corrected chi connectivity index (χ0v) is 26.2. The van der Waals surface area contributed by atoms with Gasteiger partial charge >= 0.3 is 6.18 Å². The van der Waals surface area contributed by atoms with Crippen molar-refractivity contribution in [3.8, 4) is 0 Å². The third-order valence-electron chi connectivity index (χ3n) is 6.04. The lowest BCUT2D eigenvalue weighted by molar-refractivity contribution is -0.137. The van der Waals surface area contributed by atoms with Gasteiger partial charge in [-0.05, 0) is 57.9 Å². The van der Waals surface area contributed by atoms with Crippen LogP contribution in [0.25, 0.3) is 5.70 Å². The van der Waals surface area contributed by atoms with E-state index < -0.39 is 22.8 Å². The van der Waals surface area contributed by atoms with Crippen molar-refractivity contribution < 1.29 is 18.0 Å². The minimum Gasteiger partial charge on any atom is -0.343 e. The molecule has 7 nitrogen and oxygen atoms in total. The zero-order chi connectivity index (χ0) is 31.6. The molecule has 3 rings (SSSR count).